The summed E-state index contributed by atoms with van der Waals surface area (Å²) in [4.78, 5) is 4.02. The zero-order chi connectivity index (χ0) is 19.8. The standard InChI is InChI=1S/C7H11N3O.C7H10N2.H2O4S/c1-4-5(8)3-6(9)7(10-4)11-2;1-5-4-6(8)2-3-7(5)9;1-5(2,3)4/h3H,8-9H2,1-2H3;2-4H,8-9H2,1H3;(H2,1,2,3,4). The molecule has 0 fully saturated rings. The summed E-state index contributed by atoms with van der Waals surface area (Å²) in [5.74, 6) is 0.428. The fraction of sp³-hybridized carbons (Fsp3) is 0.214. The summed E-state index contributed by atoms with van der Waals surface area (Å²) in [6.45, 7) is 3.74. The van der Waals surface area contributed by atoms with Crippen LogP contribution >= 0.6 is 0 Å². The second-order valence-corrected chi connectivity index (χ2v) is 5.72. The van der Waals surface area contributed by atoms with Gasteiger partial charge in [-0.05, 0) is 43.7 Å². The lowest BCUT2D eigenvalue weighted by molar-refractivity contribution is 0.381. The van der Waals surface area contributed by atoms with Crippen molar-refractivity contribution in [2.24, 2.45) is 0 Å². The number of hydrogen-bond donors (Lipinski definition) is 6. The molecule has 0 bridgehead atoms. The molecule has 0 atom stereocenters. The van der Waals surface area contributed by atoms with Crippen LogP contribution < -0.4 is 27.7 Å². The maximum Gasteiger partial charge on any atom is 0.394 e. The van der Waals surface area contributed by atoms with Gasteiger partial charge in [-0.15, -0.1) is 0 Å². The summed E-state index contributed by atoms with van der Waals surface area (Å²) < 4.78 is 36.5. The molecule has 11 heteroatoms. The smallest absolute Gasteiger partial charge is 0.394 e. The second kappa shape index (κ2) is 9.52. The van der Waals surface area contributed by atoms with Gasteiger partial charge < -0.3 is 27.7 Å². The van der Waals surface area contributed by atoms with Crippen LogP contribution in [0.1, 0.15) is 11.3 Å². The van der Waals surface area contributed by atoms with Crippen molar-refractivity contribution in [2.75, 3.05) is 30.0 Å². The van der Waals surface area contributed by atoms with Crippen LogP contribution in [0.15, 0.2) is 24.3 Å². The molecule has 0 aliphatic heterocycles. The molecular weight excluding hydrogens is 350 g/mol. The fourth-order valence-electron chi connectivity index (χ4n) is 1.48. The summed E-state index contributed by atoms with van der Waals surface area (Å²) >= 11 is 0. The van der Waals surface area contributed by atoms with Gasteiger partial charge in [0.05, 0.1) is 24.2 Å². The molecule has 1 aromatic heterocycles. The Labute approximate surface area is 146 Å². The highest BCUT2D eigenvalue weighted by Gasteiger charge is 2.03. The van der Waals surface area contributed by atoms with E-state index in [0.29, 0.717) is 17.3 Å². The van der Waals surface area contributed by atoms with Crippen LogP contribution in [-0.4, -0.2) is 29.6 Å². The van der Waals surface area contributed by atoms with Crippen LogP contribution in [0.5, 0.6) is 5.88 Å². The number of ether oxygens (including phenoxy) is 1. The van der Waals surface area contributed by atoms with Crippen LogP contribution in [0.2, 0.25) is 0 Å². The summed E-state index contributed by atoms with van der Waals surface area (Å²) in [6.07, 6.45) is 0. The molecular formula is C14H23N5O5S. The maximum atomic E-state index is 8.74. The van der Waals surface area contributed by atoms with E-state index in [1.165, 1.54) is 7.11 Å². The first-order chi connectivity index (χ1) is 11.3. The maximum absolute atomic E-state index is 8.74. The topological polar surface area (TPSA) is 201 Å². The number of aryl methyl sites for hydroxylation is 2. The normalized spacial score (nSPS) is 9.96. The number of pyridine rings is 1. The lowest BCUT2D eigenvalue weighted by atomic mass is 10.2. The Morgan fingerprint density at radius 2 is 1.48 bits per heavy atom. The van der Waals surface area contributed by atoms with Gasteiger partial charge in [-0.2, -0.15) is 8.42 Å². The van der Waals surface area contributed by atoms with E-state index in [0.717, 1.165) is 22.6 Å². The molecule has 1 aromatic carbocycles. The molecule has 25 heavy (non-hydrogen) atoms. The van der Waals surface area contributed by atoms with E-state index in [-0.39, 0.29) is 0 Å². The van der Waals surface area contributed by atoms with Crippen LogP contribution in [-0.2, 0) is 10.4 Å². The highest BCUT2D eigenvalue weighted by Crippen LogP contribution is 2.22. The van der Waals surface area contributed by atoms with Gasteiger partial charge in [0, 0.05) is 11.4 Å². The first kappa shape index (κ1) is 22.2. The third kappa shape index (κ3) is 9.86. The molecule has 0 spiro atoms. The van der Waals surface area contributed by atoms with Crippen molar-refractivity contribution in [3.8, 4) is 5.88 Å². The van der Waals surface area contributed by atoms with Crippen molar-refractivity contribution in [3.05, 3.63) is 35.5 Å². The minimum atomic E-state index is -4.67. The third-order valence-electron chi connectivity index (χ3n) is 2.73. The molecule has 0 saturated heterocycles. The number of nitrogen functional groups attached to an aromatic ring is 4. The Balaban J connectivity index is 0.000000372. The Bertz CT molecular complexity index is 804. The van der Waals surface area contributed by atoms with Gasteiger partial charge in [0.25, 0.3) is 0 Å². The SMILES string of the molecule is COc1nc(C)c(N)cc1N.Cc1cc(N)ccc1N.O=S(=O)(O)O. The summed E-state index contributed by atoms with van der Waals surface area (Å²) in [6, 6.07) is 7.10. The van der Waals surface area contributed by atoms with Gasteiger partial charge in [0.1, 0.15) is 0 Å². The van der Waals surface area contributed by atoms with Crippen LogP contribution in [0.3, 0.4) is 0 Å². The average molecular weight is 373 g/mol. The van der Waals surface area contributed by atoms with E-state index < -0.39 is 10.4 Å². The average Bonchev–Trinajstić information content (AvgIpc) is 2.46. The van der Waals surface area contributed by atoms with Crippen LogP contribution in [0, 0.1) is 13.8 Å². The van der Waals surface area contributed by atoms with Crippen LogP contribution in [0.25, 0.3) is 0 Å². The van der Waals surface area contributed by atoms with Gasteiger partial charge in [0.15, 0.2) is 0 Å². The Morgan fingerprint density at radius 3 is 1.88 bits per heavy atom. The van der Waals surface area contributed by atoms with Crippen molar-refractivity contribution in [3.63, 3.8) is 0 Å². The molecule has 0 radical (unpaired) electrons. The summed E-state index contributed by atoms with van der Waals surface area (Å²) in [7, 11) is -3.14. The lowest BCUT2D eigenvalue weighted by Crippen LogP contribution is -2.00. The number of nitrogens with zero attached hydrogens (tertiary/aromatic N) is 1. The zero-order valence-corrected chi connectivity index (χ0v) is 14.9. The molecule has 10 nitrogen and oxygen atoms in total. The Kier molecular flexibility index (Phi) is 8.46. The number of nitrogens with two attached hydrogens (primary N) is 4. The van der Waals surface area contributed by atoms with Crippen molar-refractivity contribution in [1.29, 1.82) is 0 Å². The first-order valence-corrected chi connectivity index (χ1v) is 8.13. The fourth-order valence-corrected chi connectivity index (χ4v) is 1.48. The molecule has 1 heterocycles. The molecule has 0 aliphatic rings. The zero-order valence-electron chi connectivity index (χ0n) is 14.1. The van der Waals surface area contributed by atoms with Crippen LogP contribution in [0.4, 0.5) is 22.7 Å². The Hall–Kier alpha value is -2.76. The monoisotopic (exact) mass is 373 g/mol. The van der Waals surface area contributed by atoms with Crippen molar-refractivity contribution >= 4 is 33.1 Å². The molecule has 0 unspecified atom stereocenters. The molecule has 0 amide bonds. The number of benzene rings is 1. The van der Waals surface area contributed by atoms with Gasteiger partial charge in [0.2, 0.25) is 5.88 Å². The first-order valence-electron chi connectivity index (χ1n) is 6.73. The van der Waals surface area contributed by atoms with E-state index in [1.54, 1.807) is 19.1 Å². The molecule has 2 aromatic rings. The molecule has 2 rings (SSSR count). The van der Waals surface area contributed by atoms with Gasteiger partial charge >= 0.3 is 10.4 Å². The Morgan fingerprint density at radius 1 is 0.960 bits per heavy atom. The third-order valence-corrected chi connectivity index (χ3v) is 2.73. The molecule has 0 aliphatic carbocycles. The largest absolute Gasteiger partial charge is 0.480 e. The van der Waals surface area contributed by atoms with Gasteiger partial charge in [-0.25, -0.2) is 4.98 Å². The quantitative estimate of drug-likeness (QED) is 0.310. The number of methoxy groups -OCH3 is 1. The predicted molar refractivity (Wildman–Crippen MR) is 98.5 cm³/mol. The molecule has 10 N–H and O–H groups in total. The second-order valence-electron chi connectivity index (χ2n) is 4.83. The minimum absolute atomic E-state index is 0.428. The minimum Gasteiger partial charge on any atom is -0.480 e. The summed E-state index contributed by atoms with van der Waals surface area (Å²) in [5.41, 5.74) is 26.5. The van der Waals surface area contributed by atoms with Gasteiger partial charge in [-0.1, -0.05) is 0 Å². The highest BCUT2D eigenvalue weighted by atomic mass is 32.3. The van der Waals surface area contributed by atoms with E-state index in [9.17, 15) is 0 Å². The van der Waals surface area contributed by atoms with E-state index >= 15 is 0 Å². The van der Waals surface area contributed by atoms with Crippen molar-refractivity contribution in [2.45, 2.75) is 13.8 Å². The van der Waals surface area contributed by atoms with E-state index in [1.807, 2.05) is 19.1 Å². The predicted octanol–water partition coefficient (Wildman–Crippen LogP) is 1.07. The van der Waals surface area contributed by atoms with E-state index in [2.05, 4.69) is 4.98 Å². The molecule has 0 saturated carbocycles. The lowest BCUT2D eigenvalue weighted by Gasteiger charge is -2.05. The van der Waals surface area contributed by atoms with E-state index in [4.69, 9.17) is 45.2 Å². The summed E-state index contributed by atoms with van der Waals surface area (Å²) in [5, 5.41) is 0. The van der Waals surface area contributed by atoms with Crippen molar-refractivity contribution in [1.82, 2.24) is 4.98 Å². The molecule has 140 valence electrons. The number of anilines is 4. The van der Waals surface area contributed by atoms with Crippen molar-refractivity contribution < 1.29 is 22.3 Å². The number of hydrogen-bond acceptors (Lipinski definition) is 8. The number of aromatic nitrogens is 1. The van der Waals surface area contributed by atoms with Gasteiger partial charge in [-0.3, -0.25) is 9.11 Å². The highest BCUT2D eigenvalue weighted by molar-refractivity contribution is 7.79. The number of rotatable bonds is 1.